The smallest absolute Gasteiger partial charge is 0.335 e. The molecule has 20 heavy (non-hydrogen) atoms. The van der Waals surface area contributed by atoms with Gasteiger partial charge in [0.1, 0.15) is 0 Å². The Balaban J connectivity index is 2.00. The summed E-state index contributed by atoms with van der Waals surface area (Å²) in [5.41, 5.74) is 0.0807. The minimum absolute atomic E-state index is 0.0272. The summed E-state index contributed by atoms with van der Waals surface area (Å²) in [6, 6.07) is 5.31. The van der Waals surface area contributed by atoms with E-state index in [1.807, 2.05) is 4.90 Å². The van der Waals surface area contributed by atoms with Crippen molar-refractivity contribution < 1.29 is 23.1 Å². The molecule has 0 amide bonds. The van der Waals surface area contributed by atoms with Crippen molar-refractivity contribution >= 4 is 15.8 Å². The summed E-state index contributed by atoms with van der Waals surface area (Å²) in [5, 5.41) is 8.78. The van der Waals surface area contributed by atoms with Gasteiger partial charge < -0.3 is 9.84 Å². The maximum absolute atomic E-state index is 12.2. The number of carbonyl (C=O) groups is 1. The Bertz CT molecular complexity index is 561. The second-order valence-electron chi connectivity index (χ2n) is 4.60. The predicted molar refractivity (Wildman–Crippen MR) is 72.7 cm³/mol. The summed E-state index contributed by atoms with van der Waals surface area (Å²) in [7, 11) is -3.38. The molecule has 0 radical (unpaired) electrons. The van der Waals surface area contributed by atoms with Crippen LogP contribution in [-0.2, 0) is 14.6 Å². The Morgan fingerprint density at radius 1 is 1.20 bits per heavy atom. The highest BCUT2D eigenvalue weighted by molar-refractivity contribution is 7.91. The zero-order chi connectivity index (χ0) is 14.6. The molecule has 1 aromatic rings. The molecule has 110 valence electrons. The molecule has 1 aliphatic heterocycles. The van der Waals surface area contributed by atoms with Crippen LogP contribution in [0.3, 0.4) is 0 Å². The van der Waals surface area contributed by atoms with Gasteiger partial charge in [0.15, 0.2) is 9.84 Å². The summed E-state index contributed by atoms with van der Waals surface area (Å²) >= 11 is 0. The number of benzene rings is 1. The van der Waals surface area contributed by atoms with Crippen molar-refractivity contribution in [1.82, 2.24) is 4.90 Å². The van der Waals surface area contributed by atoms with E-state index < -0.39 is 15.8 Å². The Morgan fingerprint density at radius 3 is 2.35 bits per heavy atom. The molecule has 1 N–H and O–H groups in total. The molecule has 0 bridgehead atoms. The van der Waals surface area contributed by atoms with Crippen molar-refractivity contribution in [2.75, 3.05) is 38.6 Å². The molecular weight excluding hydrogens is 282 g/mol. The first kappa shape index (κ1) is 15.0. The number of ether oxygens (including phenoxy) is 1. The van der Waals surface area contributed by atoms with Gasteiger partial charge >= 0.3 is 5.97 Å². The van der Waals surface area contributed by atoms with Crippen molar-refractivity contribution in [2.45, 2.75) is 4.90 Å². The average Bonchev–Trinajstić information content (AvgIpc) is 2.46. The van der Waals surface area contributed by atoms with Gasteiger partial charge in [-0.05, 0) is 24.3 Å². The van der Waals surface area contributed by atoms with E-state index in [1.165, 1.54) is 24.3 Å². The van der Waals surface area contributed by atoms with Gasteiger partial charge in [-0.25, -0.2) is 13.2 Å². The molecule has 1 fully saturated rings. The lowest BCUT2D eigenvalue weighted by Gasteiger charge is -2.26. The first-order valence-corrected chi connectivity index (χ1v) is 8.00. The summed E-state index contributed by atoms with van der Waals surface area (Å²) in [6.07, 6.45) is 0. The van der Waals surface area contributed by atoms with Gasteiger partial charge in [-0.15, -0.1) is 0 Å². The fourth-order valence-electron chi connectivity index (χ4n) is 2.00. The molecule has 0 unspecified atom stereocenters. The molecule has 2 rings (SSSR count). The average molecular weight is 299 g/mol. The quantitative estimate of drug-likeness (QED) is 0.852. The summed E-state index contributed by atoms with van der Waals surface area (Å²) in [5.74, 6) is -1.04. The normalized spacial score (nSPS) is 17.0. The largest absolute Gasteiger partial charge is 0.478 e. The third-order valence-corrected chi connectivity index (χ3v) is 4.95. The van der Waals surface area contributed by atoms with E-state index >= 15 is 0 Å². The molecule has 0 atom stereocenters. The minimum atomic E-state index is -3.38. The Morgan fingerprint density at radius 2 is 1.80 bits per heavy atom. The fourth-order valence-corrected chi connectivity index (χ4v) is 3.28. The van der Waals surface area contributed by atoms with Crippen LogP contribution in [0.15, 0.2) is 29.2 Å². The maximum atomic E-state index is 12.2. The first-order chi connectivity index (χ1) is 9.49. The second-order valence-corrected chi connectivity index (χ2v) is 6.71. The Labute approximate surface area is 117 Å². The first-order valence-electron chi connectivity index (χ1n) is 6.35. The number of hydrogen-bond acceptors (Lipinski definition) is 5. The number of sulfone groups is 1. The summed E-state index contributed by atoms with van der Waals surface area (Å²) in [6.45, 7) is 3.22. The summed E-state index contributed by atoms with van der Waals surface area (Å²) < 4.78 is 29.5. The highest BCUT2D eigenvalue weighted by atomic mass is 32.2. The zero-order valence-electron chi connectivity index (χ0n) is 11.0. The van der Waals surface area contributed by atoms with E-state index in [9.17, 15) is 13.2 Å². The lowest BCUT2D eigenvalue weighted by molar-refractivity contribution is 0.0408. The molecule has 1 saturated heterocycles. The lowest BCUT2D eigenvalue weighted by Crippen LogP contribution is -2.39. The van der Waals surface area contributed by atoms with E-state index in [2.05, 4.69) is 0 Å². The van der Waals surface area contributed by atoms with E-state index in [-0.39, 0.29) is 16.2 Å². The number of carboxylic acids is 1. The topological polar surface area (TPSA) is 83.9 Å². The van der Waals surface area contributed by atoms with Crippen LogP contribution in [0.2, 0.25) is 0 Å². The Kier molecular flexibility index (Phi) is 4.74. The molecule has 1 heterocycles. The van der Waals surface area contributed by atoms with E-state index in [0.717, 1.165) is 13.1 Å². The molecule has 1 aromatic carbocycles. The minimum Gasteiger partial charge on any atom is -0.478 e. The highest BCUT2D eigenvalue weighted by Crippen LogP contribution is 2.13. The van der Waals surface area contributed by atoms with Gasteiger partial charge in [-0.3, -0.25) is 4.90 Å². The van der Waals surface area contributed by atoms with Gasteiger partial charge in [0.25, 0.3) is 0 Å². The van der Waals surface area contributed by atoms with Crippen LogP contribution in [0.1, 0.15) is 10.4 Å². The number of hydrogen-bond donors (Lipinski definition) is 1. The molecule has 7 heteroatoms. The number of rotatable bonds is 5. The maximum Gasteiger partial charge on any atom is 0.335 e. The van der Waals surface area contributed by atoms with Gasteiger partial charge in [0, 0.05) is 19.6 Å². The molecule has 0 saturated carbocycles. The van der Waals surface area contributed by atoms with Crippen molar-refractivity contribution in [2.24, 2.45) is 0 Å². The SMILES string of the molecule is O=C(O)c1ccc(S(=O)(=O)CCN2CCOCC2)cc1. The number of nitrogens with zero attached hydrogens (tertiary/aromatic N) is 1. The number of morpholine rings is 1. The van der Waals surface area contributed by atoms with Crippen LogP contribution in [0.5, 0.6) is 0 Å². The van der Waals surface area contributed by atoms with Crippen LogP contribution < -0.4 is 0 Å². The molecule has 0 aromatic heterocycles. The summed E-state index contributed by atoms with van der Waals surface area (Å²) in [4.78, 5) is 12.9. The van der Waals surface area contributed by atoms with Gasteiger partial charge in [0.2, 0.25) is 0 Å². The van der Waals surface area contributed by atoms with Crippen LogP contribution in [0, 0.1) is 0 Å². The van der Waals surface area contributed by atoms with Crippen molar-refractivity contribution in [3.8, 4) is 0 Å². The van der Waals surface area contributed by atoms with Crippen molar-refractivity contribution in [3.63, 3.8) is 0 Å². The van der Waals surface area contributed by atoms with Crippen LogP contribution in [-0.4, -0.2) is 63.0 Å². The van der Waals surface area contributed by atoms with Gasteiger partial charge in [-0.1, -0.05) is 0 Å². The standard InChI is InChI=1S/C13H17NO5S/c15-13(16)11-1-3-12(4-2-11)20(17,18)10-7-14-5-8-19-9-6-14/h1-4H,5-10H2,(H,15,16). The van der Waals surface area contributed by atoms with E-state index in [4.69, 9.17) is 9.84 Å². The van der Waals surface area contributed by atoms with Crippen molar-refractivity contribution in [1.29, 1.82) is 0 Å². The molecule has 0 spiro atoms. The monoisotopic (exact) mass is 299 g/mol. The lowest BCUT2D eigenvalue weighted by atomic mass is 10.2. The van der Waals surface area contributed by atoms with Gasteiger partial charge in [0.05, 0.1) is 29.4 Å². The van der Waals surface area contributed by atoms with E-state index in [1.54, 1.807) is 0 Å². The van der Waals surface area contributed by atoms with Crippen LogP contribution in [0.4, 0.5) is 0 Å². The molecule has 0 aliphatic carbocycles. The third-order valence-electron chi connectivity index (χ3n) is 3.24. The molecule has 1 aliphatic rings. The van der Waals surface area contributed by atoms with Crippen LogP contribution in [0.25, 0.3) is 0 Å². The molecular formula is C13H17NO5S. The number of carboxylic acid groups (broad SMARTS) is 1. The predicted octanol–water partition coefficient (Wildman–Crippen LogP) is 0.491. The second kappa shape index (κ2) is 6.34. The van der Waals surface area contributed by atoms with Crippen LogP contribution >= 0.6 is 0 Å². The number of aromatic carboxylic acids is 1. The highest BCUT2D eigenvalue weighted by Gasteiger charge is 2.18. The fraction of sp³-hybridized carbons (Fsp3) is 0.462. The van der Waals surface area contributed by atoms with E-state index in [0.29, 0.717) is 19.8 Å². The van der Waals surface area contributed by atoms with Gasteiger partial charge in [-0.2, -0.15) is 0 Å². The Hall–Kier alpha value is -1.44. The van der Waals surface area contributed by atoms with Crippen molar-refractivity contribution in [3.05, 3.63) is 29.8 Å². The third kappa shape index (κ3) is 3.78. The zero-order valence-corrected chi connectivity index (χ0v) is 11.8. The molecule has 6 nitrogen and oxygen atoms in total.